The third-order valence-corrected chi connectivity index (χ3v) is 6.20. The van der Waals surface area contributed by atoms with Crippen LogP contribution in [0.1, 0.15) is 51.4 Å². The molecule has 0 aromatic rings. The predicted octanol–water partition coefficient (Wildman–Crippen LogP) is 3.37. The van der Waals surface area contributed by atoms with Crippen LogP contribution in [-0.4, -0.2) is 17.3 Å². The highest BCUT2D eigenvalue weighted by molar-refractivity contribution is 7.97. The summed E-state index contributed by atoms with van der Waals surface area (Å²) in [7, 11) is 0.871. The highest BCUT2D eigenvalue weighted by atomic mass is 32.2. The standard InChI is InChI=1S/C12H23S/c1-2-6-12(7-3-1)8-11-13-9-4-5-10-13/h12H,1-11H2/q+1. The van der Waals surface area contributed by atoms with Crippen molar-refractivity contribution in [2.24, 2.45) is 5.92 Å². The van der Waals surface area contributed by atoms with Gasteiger partial charge in [-0.3, -0.25) is 0 Å². The van der Waals surface area contributed by atoms with Crippen molar-refractivity contribution in [3.8, 4) is 0 Å². The van der Waals surface area contributed by atoms with Gasteiger partial charge < -0.3 is 0 Å². The molecule has 0 nitrogen and oxygen atoms in total. The van der Waals surface area contributed by atoms with Crippen molar-refractivity contribution in [1.29, 1.82) is 0 Å². The van der Waals surface area contributed by atoms with E-state index in [2.05, 4.69) is 0 Å². The Balaban J connectivity index is 1.60. The minimum Gasteiger partial charge on any atom is -0.0533 e. The van der Waals surface area contributed by atoms with Crippen LogP contribution in [0.3, 0.4) is 0 Å². The molecule has 0 N–H and O–H groups in total. The molecule has 0 bridgehead atoms. The molecule has 0 radical (unpaired) electrons. The van der Waals surface area contributed by atoms with Gasteiger partial charge in [0.05, 0.1) is 0 Å². The first kappa shape index (κ1) is 9.89. The van der Waals surface area contributed by atoms with Crippen LogP contribution in [0.15, 0.2) is 0 Å². The summed E-state index contributed by atoms with van der Waals surface area (Å²) in [4.78, 5) is 0. The van der Waals surface area contributed by atoms with Crippen LogP contribution in [-0.2, 0) is 10.9 Å². The van der Waals surface area contributed by atoms with Crippen molar-refractivity contribution in [2.75, 3.05) is 17.3 Å². The van der Waals surface area contributed by atoms with E-state index in [0.717, 1.165) is 16.8 Å². The summed E-state index contributed by atoms with van der Waals surface area (Å²) in [5.41, 5.74) is 0. The zero-order chi connectivity index (χ0) is 8.93. The van der Waals surface area contributed by atoms with Crippen molar-refractivity contribution in [2.45, 2.75) is 51.4 Å². The van der Waals surface area contributed by atoms with Gasteiger partial charge in [0.25, 0.3) is 0 Å². The molecule has 0 unspecified atom stereocenters. The molecule has 0 atom stereocenters. The van der Waals surface area contributed by atoms with Gasteiger partial charge in [0.1, 0.15) is 17.3 Å². The van der Waals surface area contributed by atoms with Crippen molar-refractivity contribution >= 4 is 10.9 Å². The third-order valence-electron chi connectivity index (χ3n) is 3.66. The maximum Gasteiger partial charge on any atom is 0.108 e. The zero-order valence-electron chi connectivity index (χ0n) is 8.76. The lowest BCUT2D eigenvalue weighted by Crippen LogP contribution is -2.15. The van der Waals surface area contributed by atoms with Gasteiger partial charge >= 0.3 is 0 Å². The first-order valence-corrected chi connectivity index (χ1v) is 7.82. The van der Waals surface area contributed by atoms with Gasteiger partial charge in [-0.2, -0.15) is 0 Å². The van der Waals surface area contributed by atoms with Crippen LogP contribution in [0.5, 0.6) is 0 Å². The van der Waals surface area contributed by atoms with Crippen LogP contribution in [0, 0.1) is 5.92 Å². The molecule has 2 rings (SSSR count). The molecular weight excluding hydrogens is 176 g/mol. The molecular formula is C12H23S+. The average molecular weight is 199 g/mol. The average Bonchev–Trinajstić information content (AvgIpc) is 2.69. The van der Waals surface area contributed by atoms with Crippen LogP contribution in [0.2, 0.25) is 0 Å². The highest BCUT2D eigenvalue weighted by Gasteiger charge is 2.25. The minimum atomic E-state index is 0.871. The summed E-state index contributed by atoms with van der Waals surface area (Å²) in [6.07, 6.45) is 12.3. The Labute approximate surface area is 85.8 Å². The fraction of sp³-hybridized carbons (Fsp3) is 1.00. The van der Waals surface area contributed by atoms with Gasteiger partial charge in [-0.25, -0.2) is 0 Å². The lowest BCUT2D eigenvalue weighted by molar-refractivity contribution is 0.351. The van der Waals surface area contributed by atoms with E-state index in [1.54, 1.807) is 36.5 Å². The molecule has 1 aliphatic heterocycles. The molecule has 0 aromatic carbocycles. The van der Waals surface area contributed by atoms with Crippen molar-refractivity contribution < 1.29 is 0 Å². The predicted molar refractivity (Wildman–Crippen MR) is 62.4 cm³/mol. The van der Waals surface area contributed by atoms with Crippen LogP contribution in [0.25, 0.3) is 0 Å². The minimum absolute atomic E-state index is 0.871. The Morgan fingerprint density at radius 2 is 1.54 bits per heavy atom. The van der Waals surface area contributed by atoms with Crippen LogP contribution in [0.4, 0.5) is 0 Å². The molecule has 0 aromatic heterocycles. The number of hydrogen-bond donors (Lipinski definition) is 0. The summed E-state index contributed by atoms with van der Waals surface area (Å²) in [5.74, 6) is 5.87. The van der Waals surface area contributed by atoms with Gasteiger partial charge in [0.15, 0.2) is 0 Å². The van der Waals surface area contributed by atoms with Crippen molar-refractivity contribution in [3.63, 3.8) is 0 Å². The first-order chi connectivity index (χ1) is 6.45. The van der Waals surface area contributed by atoms with Gasteiger partial charge in [0.2, 0.25) is 0 Å². The Hall–Kier alpha value is 0.350. The summed E-state index contributed by atoms with van der Waals surface area (Å²) in [6, 6.07) is 0. The molecule has 0 spiro atoms. The second-order valence-corrected chi connectivity index (χ2v) is 7.17. The normalized spacial score (nSPS) is 26.8. The molecule has 1 saturated heterocycles. The van der Waals surface area contributed by atoms with E-state index in [-0.39, 0.29) is 0 Å². The van der Waals surface area contributed by atoms with E-state index >= 15 is 0 Å². The van der Waals surface area contributed by atoms with E-state index in [4.69, 9.17) is 0 Å². The van der Waals surface area contributed by atoms with Gasteiger partial charge in [-0.05, 0) is 36.1 Å². The van der Waals surface area contributed by atoms with Gasteiger partial charge in [-0.15, -0.1) is 0 Å². The maximum atomic E-state index is 1.59. The summed E-state index contributed by atoms with van der Waals surface area (Å²) < 4.78 is 0. The van der Waals surface area contributed by atoms with E-state index in [0.29, 0.717) is 0 Å². The van der Waals surface area contributed by atoms with Gasteiger partial charge in [-0.1, -0.05) is 32.1 Å². The molecule has 2 aliphatic rings. The largest absolute Gasteiger partial charge is 0.108 e. The molecule has 2 fully saturated rings. The molecule has 1 aliphatic carbocycles. The molecule has 1 saturated carbocycles. The third kappa shape index (κ3) is 3.19. The first-order valence-electron chi connectivity index (χ1n) is 6.09. The van der Waals surface area contributed by atoms with Crippen LogP contribution >= 0.6 is 0 Å². The molecule has 1 heteroatoms. The summed E-state index contributed by atoms with van der Waals surface area (Å²) in [5, 5.41) is 0. The second kappa shape index (κ2) is 5.29. The van der Waals surface area contributed by atoms with E-state index in [9.17, 15) is 0 Å². The molecule has 13 heavy (non-hydrogen) atoms. The number of rotatable bonds is 3. The van der Waals surface area contributed by atoms with E-state index < -0.39 is 0 Å². The van der Waals surface area contributed by atoms with Gasteiger partial charge in [0, 0.05) is 0 Å². The molecule has 0 amide bonds. The summed E-state index contributed by atoms with van der Waals surface area (Å²) in [6.45, 7) is 0. The quantitative estimate of drug-likeness (QED) is 0.611. The smallest absolute Gasteiger partial charge is 0.0533 e. The monoisotopic (exact) mass is 199 g/mol. The topological polar surface area (TPSA) is 0 Å². The number of hydrogen-bond acceptors (Lipinski definition) is 0. The second-order valence-electron chi connectivity index (χ2n) is 4.72. The SMILES string of the molecule is C1CCC(CC[S+]2CCCC2)CC1. The van der Waals surface area contributed by atoms with Crippen molar-refractivity contribution in [3.05, 3.63) is 0 Å². The Morgan fingerprint density at radius 3 is 2.23 bits per heavy atom. The zero-order valence-corrected chi connectivity index (χ0v) is 9.58. The van der Waals surface area contributed by atoms with E-state index in [1.807, 2.05) is 0 Å². The van der Waals surface area contributed by atoms with Crippen LogP contribution < -0.4 is 0 Å². The molecule has 1 heterocycles. The Morgan fingerprint density at radius 1 is 0.846 bits per heavy atom. The van der Waals surface area contributed by atoms with E-state index in [1.165, 1.54) is 32.1 Å². The highest BCUT2D eigenvalue weighted by Crippen LogP contribution is 2.27. The lowest BCUT2D eigenvalue weighted by atomic mass is 9.88. The Kier molecular flexibility index (Phi) is 4.02. The molecule has 76 valence electrons. The lowest BCUT2D eigenvalue weighted by Gasteiger charge is -2.20. The van der Waals surface area contributed by atoms with Crippen molar-refractivity contribution in [1.82, 2.24) is 0 Å². The summed E-state index contributed by atoms with van der Waals surface area (Å²) >= 11 is 0. The Bertz CT molecular complexity index is 132. The fourth-order valence-electron chi connectivity index (χ4n) is 2.73. The fourth-order valence-corrected chi connectivity index (χ4v) is 5.23. The maximum absolute atomic E-state index is 1.59.